The van der Waals surface area contributed by atoms with E-state index in [9.17, 15) is 4.79 Å². The van der Waals surface area contributed by atoms with E-state index in [2.05, 4.69) is 69.6 Å². The fourth-order valence-corrected chi connectivity index (χ4v) is 4.88. The van der Waals surface area contributed by atoms with Crippen molar-refractivity contribution in [3.8, 4) is 0 Å². The molecule has 19 heavy (non-hydrogen) atoms. The number of Topliss-reactive ketones (excluding diaryl/α,β-unsaturated/α-hetero) is 1. The molecule has 1 unspecified atom stereocenters. The van der Waals surface area contributed by atoms with Crippen molar-refractivity contribution in [1.29, 1.82) is 0 Å². The van der Waals surface area contributed by atoms with Gasteiger partial charge >= 0.3 is 0 Å². The quantitative estimate of drug-likeness (QED) is 0.638. The molecule has 0 aromatic carbocycles. The largest absolute Gasteiger partial charge is 0.308 e. The number of thiophene rings is 1. The molecule has 1 rings (SSSR count). The van der Waals surface area contributed by atoms with Crippen molar-refractivity contribution in [2.45, 2.75) is 19.9 Å². The number of hydrogen-bond donors (Lipinski definition) is 0. The Morgan fingerprint density at radius 3 is 2.47 bits per heavy atom. The number of carbonyl (C=O) groups excluding carboxylic acids is 1. The van der Waals surface area contributed by atoms with Crippen molar-refractivity contribution in [3.05, 3.63) is 19.2 Å². The minimum atomic E-state index is 0.168. The Morgan fingerprint density at radius 1 is 1.42 bits per heavy atom. The Morgan fingerprint density at radius 2 is 2.05 bits per heavy atom. The molecule has 0 aliphatic heterocycles. The highest BCUT2D eigenvalue weighted by Crippen LogP contribution is 2.32. The number of likely N-dealkylation sites (N-methyl/N-ethyl adjacent to an activating group) is 2. The topological polar surface area (TPSA) is 23.6 Å². The van der Waals surface area contributed by atoms with Crippen LogP contribution >= 0.6 is 43.2 Å². The molecule has 1 heterocycles. The molecule has 0 amide bonds. The Kier molecular flexibility index (Phi) is 7.18. The molecule has 6 heteroatoms. The van der Waals surface area contributed by atoms with Gasteiger partial charge in [-0.25, -0.2) is 0 Å². The summed E-state index contributed by atoms with van der Waals surface area (Å²) in [5, 5.41) is 0. The maximum absolute atomic E-state index is 12.3. The number of ketones is 1. The second kappa shape index (κ2) is 7.88. The van der Waals surface area contributed by atoms with Gasteiger partial charge < -0.3 is 4.90 Å². The zero-order valence-corrected chi connectivity index (χ0v) is 15.7. The fourth-order valence-electron chi connectivity index (χ4n) is 2.02. The molecule has 0 aliphatic carbocycles. The lowest BCUT2D eigenvalue weighted by molar-refractivity contribution is 0.0888. The van der Waals surface area contributed by atoms with Gasteiger partial charge in [0.2, 0.25) is 0 Å². The van der Waals surface area contributed by atoms with Crippen LogP contribution in [0.15, 0.2) is 13.6 Å². The molecule has 0 N–H and O–H groups in total. The molecular formula is C13H20Br2N2OS. The van der Waals surface area contributed by atoms with E-state index in [-0.39, 0.29) is 5.78 Å². The van der Waals surface area contributed by atoms with E-state index in [4.69, 9.17) is 0 Å². The van der Waals surface area contributed by atoms with Gasteiger partial charge in [0.15, 0.2) is 5.78 Å². The van der Waals surface area contributed by atoms with Crippen LogP contribution in [-0.2, 0) is 0 Å². The van der Waals surface area contributed by atoms with Crippen molar-refractivity contribution < 1.29 is 4.79 Å². The predicted octanol–water partition coefficient (Wildman–Crippen LogP) is 3.73. The molecule has 0 saturated heterocycles. The maximum atomic E-state index is 12.3. The van der Waals surface area contributed by atoms with E-state index < -0.39 is 0 Å². The zero-order valence-electron chi connectivity index (χ0n) is 11.7. The molecular weight excluding hydrogens is 392 g/mol. The van der Waals surface area contributed by atoms with Crippen LogP contribution in [0.25, 0.3) is 0 Å². The number of carbonyl (C=O) groups is 1. The Bertz CT molecular complexity index is 434. The summed E-state index contributed by atoms with van der Waals surface area (Å²) in [6.45, 7) is 6.56. The summed E-state index contributed by atoms with van der Waals surface area (Å²) in [7, 11) is 4.11. The SMILES string of the molecule is CCN(CC(=O)c1cc(Br)sc1Br)C(C)CN(C)C. The fraction of sp³-hybridized carbons (Fsp3) is 0.615. The van der Waals surface area contributed by atoms with Crippen LogP contribution in [-0.4, -0.2) is 55.4 Å². The van der Waals surface area contributed by atoms with Gasteiger partial charge in [0.05, 0.1) is 14.1 Å². The molecule has 1 aromatic heterocycles. The monoisotopic (exact) mass is 410 g/mol. The third-order valence-corrected chi connectivity index (χ3v) is 5.30. The first-order chi connectivity index (χ1) is 8.85. The van der Waals surface area contributed by atoms with E-state index in [1.54, 1.807) is 0 Å². The van der Waals surface area contributed by atoms with E-state index in [0.717, 1.165) is 26.2 Å². The molecule has 1 aromatic rings. The molecule has 0 radical (unpaired) electrons. The summed E-state index contributed by atoms with van der Waals surface area (Å²) in [6.07, 6.45) is 0. The van der Waals surface area contributed by atoms with Crippen molar-refractivity contribution in [3.63, 3.8) is 0 Å². The smallest absolute Gasteiger partial charge is 0.178 e. The average molecular weight is 412 g/mol. The molecule has 3 nitrogen and oxygen atoms in total. The van der Waals surface area contributed by atoms with Crippen LogP contribution in [0, 0.1) is 0 Å². The Hall–Kier alpha value is 0.250. The summed E-state index contributed by atoms with van der Waals surface area (Å²) < 4.78 is 1.88. The van der Waals surface area contributed by atoms with E-state index >= 15 is 0 Å². The first-order valence-corrected chi connectivity index (χ1v) is 8.62. The summed E-state index contributed by atoms with van der Waals surface area (Å²) >= 11 is 8.40. The average Bonchev–Trinajstić information content (AvgIpc) is 2.64. The van der Waals surface area contributed by atoms with Crippen molar-refractivity contribution >= 4 is 49.0 Å². The predicted molar refractivity (Wildman–Crippen MR) is 89.3 cm³/mol. The summed E-state index contributed by atoms with van der Waals surface area (Å²) in [5.74, 6) is 0.168. The van der Waals surface area contributed by atoms with Gasteiger partial charge in [-0.1, -0.05) is 6.92 Å². The molecule has 108 valence electrons. The van der Waals surface area contributed by atoms with Crippen LogP contribution in [0.4, 0.5) is 0 Å². The summed E-state index contributed by atoms with van der Waals surface area (Å²) in [5.41, 5.74) is 0.771. The highest BCUT2D eigenvalue weighted by molar-refractivity contribution is 9.12. The number of nitrogens with zero attached hydrogens (tertiary/aromatic N) is 2. The normalized spacial score (nSPS) is 13.3. The van der Waals surface area contributed by atoms with Crippen molar-refractivity contribution in [1.82, 2.24) is 9.80 Å². The van der Waals surface area contributed by atoms with Crippen molar-refractivity contribution in [2.24, 2.45) is 0 Å². The minimum Gasteiger partial charge on any atom is -0.308 e. The van der Waals surface area contributed by atoms with Crippen LogP contribution in [0.1, 0.15) is 24.2 Å². The third kappa shape index (κ3) is 5.27. The maximum Gasteiger partial charge on any atom is 0.178 e. The first kappa shape index (κ1) is 17.3. The lowest BCUT2D eigenvalue weighted by atomic mass is 10.2. The van der Waals surface area contributed by atoms with Crippen LogP contribution in [0.3, 0.4) is 0 Å². The van der Waals surface area contributed by atoms with Crippen LogP contribution in [0.2, 0.25) is 0 Å². The highest BCUT2D eigenvalue weighted by Gasteiger charge is 2.20. The first-order valence-electron chi connectivity index (χ1n) is 6.22. The highest BCUT2D eigenvalue weighted by atomic mass is 79.9. The summed E-state index contributed by atoms with van der Waals surface area (Å²) in [6, 6.07) is 2.26. The second-order valence-corrected chi connectivity index (χ2v) is 8.58. The van der Waals surface area contributed by atoms with E-state index in [1.165, 1.54) is 11.3 Å². The van der Waals surface area contributed by atoms with Gasteiger partial charge in [-0.2, -0.15) is 0 Å². The van der Waals surface area contributed by atoms with E-state index in [1.807, 2.05) is 6.07 Å². The molecule has 0 bridgehead atoms. The van der Waals surface area contributed by atoms with E-state index in [0.29, 0.717) is 12.6 Å². The van der Waals surface area contributed by atoms with Gasteiger partial charge in [0, 0.05) is 18.2 Å². The van der Waals surface area contributed by atoms with Gasteiger partial charge in [-0.05, 0) is 65.5 Å². The van der Waals surface area contributed by atoms with Gasteiger partial charge in [0.1, 0.15) is 0 Å². The van der Waals surface area contributed by atoms with Gasteiger partial charge in [0.25, 0.3) is 0 Å². The number of rotatable bonds is 7. The Labute approximate surface area is 136 Å². The lowest BCUT2D eigenvalue weighted by Crippen LogP contribution is -2.42. The zero-order chi connectivity index (χ0) is 14.6. The van der Waals surface area contributed by atoms with Crippen LogP contribution < -0.4 is 0 Å². The Balaban J connectivity index is 2.70. The van der Waals surface area contributed by atoms with Crippen LogP contribution in [0.5, 0.6) is 0 Å². The molecule has 1 atom stereocenters. The second-order valence-electron chi connectivity index (χ2n) is 4.84. The lowest BCUT2D eigenvalue weighted by Gasteiger charge is -2.29. The molecule has 0 fully saturated rings. The minimum absolute atomic E-state index is 0.168. The van der Waals surface area contributed by atoms with Gasteiger partial charge in [-0.15, -0.1) is 11.3 Å². The summed E-state index contributed by atoms with van der Waals surface area (Å²) in [4.78, 5) is 16.7. The van der Waals surface area contributed by atoms with Gasteiger partial charge in [-0.3, -0.25) is 9.69 Å². The molecule has 0 spiro atoms. The number of halogens is 2. The third-order valence-electron chi connectivity index (χ3n) is 2.96. The van der Waals surface area contributed by atoms with Crippen molar-refractivity contribution in [2.75, 3.05) is 33.7 Å². The standard InChI is InChI=1S/C13H20Br2N2OS/c1-5-17(9(2)7-16(3)4)8-11(18)10-6-12(14)19-13(10)15/h6,9H,5,7-8H2,1-4H3. The number of hydrogen-bond acceptors (Lipinski definition) is 4. The molecule has 0 aliphatic rings. The molecule has 0 saturated carbocycles.